The highest BCUT2D eigenvalue weighted by atomic mass is 32.1. The Labute approximate surface area is 324 Å². The molecule has 0 saturated carbocycles. The van der Waals surface area contributed by atoms with Gasteiger partial charge in [-0.15, -0.1) is 22.7 Å². The molecule has 5 heteroatoms. The maximum atomic E-state index is 5.46. The van der Waals surface area contributed by atoms with E-state index >= 15 is 0 Å². The van der Waals surface area contributed by atoms with Gasteiger partial charge in [-0.25, -0.2) is 9.97 Å². The molecule has 0 aliphatic carbocycles. The Kier molecular flexibility index (Phi) is 6.67. The first-order valence-electron chi connectivity index (χ1n) is 18.5. The second kappa shape index (κ2) is 11.9. The van der Waals surface area contributed by atoms with Gasteiger partial charge in [0.05, 0.1) is 26.9 Å². The fourth-order valence-electron chi connectivity index (χ4n) is 8.51. The number of fused-ring (bicyclic) bond motifs is 11. The maximum absolute atomic E-state index is 5.46. The Morgan fingerprint density at radius 1 is 0.400 bits per heavy atom. The van der Waals surface area contributed by atoms with Gasteiger partial charge in [-0.05, 0) is 64.4 Å². The number of rotatable bonds is 4. The molecule has 0 aliphatic heterocycles. The number of nitrogens with zero attached hydrogens (tertiary/aromatic N) is 3. The highest BCUT2D eigenvalue weighted by Crippen LogP contribution is 2.45. The normalized spacial score (nSPS) is 12.0. The molecule has 0 aliphatic rings. The van der Waals surface area contributed by atoms with Crippen LogP contribution in [0.2, 0.25) is 0 Å². The fraction of sp³-hybridized carbons (Fsp3) is 0. The molecular formula is C50H29N3S2. The SMILES string of the molecule is c1ccc(-c2ccc(-c3nc(-c4cc5sc6ccc(-n7c8ccccc8c8ccccc87)cc6c5c5ccccc45)nc4c3sc3ccccc34)cc2)cc1. The lowest BCUT2D eigenvalue weighted by atomic mass is 9.98. The summed E-state index contributed by atoms with van der Waals surface area (Å²) < 4.78 is 7.24. The van der Waals surface area contributed by atoms with E-state index in [-0.39, 0.29) is 0 Å². The summed E-state index contributed by atoms with van der Waals surface area (Å²) in [5.74, 6) is 0.750. The van der Waals surface area contributed by atoms with Gasteiger partial charge in [0.1, 0.15) is 0 Å². The Morgan fingerprint density at radius 2 is 1.00 bits per heavy atom. The van der Waals surface area contributed by atoms with Crippen LogP contribution in [0, 0.1) is 0 Å². The summed E-state index contributed by atoms with van der Waals surface area (Å²) in [6.07, 6.45) is 0. The standard InChI is InChI=1S/C50H29N3S2/c1-2-12-30(13-3-1)31-22-24-32(25-23-31)47-49-48(38-18-8-11-21-43(38)55-49)52-50(51-47)39-29-45-46(37-17-5-4-14-34(37)39)40-28-33(26-27-44(40)54-45)53-41-19-9-6-15-35(41)36-16-7-10-20-42(36)53/h1-29H. The van der Waals surface area contributed by atoms with Crippen molar-refractivity contribution in [1.82, 2.24) is 14.5 Å². The van der Waals surface area contributed by atoms with Crippen LogP contribution < -0.4 is 0 Å². The van der Waals surface area contributed by atoms with Crippen LogP contribution in [-0.2, 0) is 0 Å². The van der Waals surface area contributed by atoms with Crippen molar-refractivity contribution >= 4 is 95.7 Å². The quantitative estimate of drug-likeness (QED) is 0.180. The molecule has 4 aromatic heterocycles. The Balaban J connectivity index is 1.09. The summed E-state index contributed by atoms with van der Waals surface area (Å²) >= 11 is 3.62. The third-order valence-corrected chi connectivity index (χ3v) is 13.3. The number of thiophene rings is 2. The molecular weight excluding hydrogens is 707 g/mol. The van der Waals surface area contributed by atoms with Gasteiger partial charge >= 0.3 is 0 Å². The van der Waals surface area contributed by atoms with Crippen molar-refractivity contribution in [2.24, 2.45) is 0 Å². The molecule has 0 atom stereocenters. The van der Waals surface area contributed by atoms with Crippen LogP contribution in [0.5, 0.6) is 0 Å². The van der Waals surface area contributed by atoms with E-state index in [0.29, 0.717) is 0 Å². The van der Waals surface area contributed by atoms with Crippen LogP contribution in [0.25, 0.3) is 113 Å². The predicted octanol–water partition coefficient (Wildman–Crippen LogP) is 14.5. The van der Waals surface area contributed by atoms with E-state index < -0.39 is 0 Å². The molecule has 8 aromatic carbocycles. The average Bonchev–Trinajstić information content (AvgIpc) is 3.93. The molecule has 256 valence electrons. The first-order chi connectivity index (χ1) is 27.3. The molecule has 3 nitrogen and oxygen atoms in total. The van der Waals surface area contributed by atoms with E-state index in [2.05, 4.69) is 180 Å². The molecule has 0 bridgehead atoms. The largest absolute Gasteiger partial charge is 0.309 e. The van der Waals surface area contributed by atoms with Crippen molar-refractivity contribution < 1.29 is 0 Å². The highest BCUT2D eigenvalue weighted by molar-refractivity contribution is 7.26. The summed E-state index contributed by atoms with van der Waals surface area (Å²) in [4.78, 5) is 10.9. The second-order valence-corrected chi connectivity index (χ2v) is 16.2. The zero-order valence-corrected chi connectivity index (χ0v) is 31.0. The molecule has 0 radical (unpaired) electrons. The predicted molar refractivity (Wildman–Crippen MR) is 236 cm³/mol. The van der Waals surface area contributed by atoms with Crippen molar-refractivity contribution in [2.45, 2.75) is 0 Å². The van der Waals surface area contributed by atoms with Gasteiger partial charge in [-0.1, -0.05) is 133 Å². The van der Waals surface area contributed by atoms with Crippen LogP contribution in [0.1, 0.15) is 0 Å². The zero-order chi connectivity index (χ0) is 36.0. The molecule has 0 fully saturated rings. The summed E-state index contributed by atoms with van der Waals surface area (Å²) in [6.45, 7) is 0. The number of hydrogen-bond acceptors (Lipinski definition) is 4. The molecule has 55 heavy (non-hydrogen) atoms. The van der Waals surface area contributed by atoms with Crippen molar-refractivity contribution in [1.29, 1.82) is 0 Å². The zero-order valence-electron chi connectivity index (χ0n) is 29.4. The van der Waals surface area contributed by atoms with Crippen molar-refractivity contribution in [3.8, 4) is 39.5 Å². The Morgan fingerprint density at radius 3 is 1.76 bits per heavy atom. The van der Waals surface area contributed by atoms with Gasteiger partial charge in [0.15, 0.2) is 5.82 Å². The van der Waals surface area contributed by atoms with Gasteiger partial charge in [-0.3, -0.25) is 0 Å². The van der Waals surface area contributed by atoms with Crippen molar-refractivity contribution in [3.05, 3.63) is 176 Å². The molecule has 0 amide bonds. The van der Waals surface area contributed by atoms with Crippen molar-refractivity contribution in [3.63, 3.8) is 0 Å². The van der Waals surface area contributed by atoms with Crippen molar-refractivity contribution in [2.75, 3.05) is 0 Å². The molecule has 12 aromatic rings. The second-order valence-electron chi connectivity index (χ2n) is 14.1. The van der Waals surface area contributed by atoms with E-state index in [0.717, 1.165) is 43.6 Å². The van der Waals surface area contributed by atoms with Gasteiger partial charge in [-0.2, -0.15) is 0 Å². The van der Waals surface area contributed by atoms with Crippen LogP contribution in [-0.4, -0.2) is 14.5 Å². The minimum Gasteiger partial charge on any atom is -0.309 e. The number of hydrogen-bond donors (Lipinski definition) is 0. The lowest BCUT2D eigenvalue weighted by Gasteiger charge is -2.11. The third-order valence-electron chi connectivity index (χ3n) is 11.0. The Bertz CT molecular complexity index is 3430. The molecule has 12 rings (SSSR count). The minimum atomic E-state index is 0.750. The number of aromatic nitrogens is 3. The van der Waals surface area contributed by atoms with Crippen LogP contribution in [0.3, 0.4) is 0 Å². The third kappa shape index (κ3) is 4.67. The maximum Gasteiger partial charge on any atom is 0.161 e. The molecule has 0 unspecified atom stereocenters. The number of para-hydroxylation sites is 2. The summed E-state index contributed by atoms with van der Waals surface area (Å²) in [7, 11) is 0. The van der Waals surface area contributed by atoms with E-state index in [1.54, 1.807) is 11.3 Å². The van der Waals surface area contributed by atoms with E-state index in [1.165, 1.54) is 68.9 Å². The van der Waals surface area contributed by atoms with Gasteiger partial charge in [0.2, 0.25) is 0 Å². The van der Waals surface area contributed by atoms with E-state index in [4.69, 9.17) is 9.97 Å². The van der Waals surface area contributed by atoms with Crippen LogP contribution >= 0.6 is 22.7 Å². The van der Waals surface area contributed by atoms with Crippen LogP contribution in [0.15, 0.2) is 176 Å². The summed E-state index contributed by atoms with van der Waals surface area (Å²) in [5.41, 5.74) is 10.1. The van der Waals surface area contributed by atoms with Gasteiger partial charge in [0, 0.05) is 57.8 Å². The minimum absolute atomic E-state index is 0.750. The van der Waals surface area contributed by atoms with Gasteiger partial charge in [0.25, 0.3) is 0 Å². The topological polar surface area (TPSA) is 30.7 Å². The van der Waals surface area contributed by atoms with Crippen LogP contribution in [0.4, 0.5) is 0 Å². The first kappa shape index (κ1) is 30.8. The summed E-state index contributed by atoms with van der Waals surface area (Å²) in [5, 5.41) is 8.62. The fourth-order valence-corrected chi connectivity index (χ4v) is 10.8. The molecule has 4 heterocycles. The summed E-state index contributed by atoms with van der Waals surface area (Å²) in [6, 6.07) is 63.5. The molecule has 0 spiro atoms. The van der Waals surface area contributed by atoms with Gasteiger partial charge < -0.3 is 4.57 Å². The smallest absolute Gasteiger partial charge is 0.161 e. The highest BCUT2D eigenvalue weighted by Gasteiger charge is 2.21. The molecule has 0 N–H and O–H groups in total. The monoisotopic (exact) mass is 735 g/mol. The number of benzene rings is 8. The van der Waals surface area contributed by atoms with E-state index in [9.17, 15) is 0 Å². The van der Waals surface area contributed by atoms with E-state index in [1.807, 2.05) is 11.3 Å². The Hall–Kier alpha value is -6.66. The lowest BCUT2D eigenvalue weighted by molar-refractivity contribution is 1.19. The first-order valence-corrected chi connectivity index (χ1v) is 20.1. The average molecular weight is 736 g/mol. The molecule has 0 saturated heterocycles. The lowest BCUT2D eigenvalue weighted by Crippen LogP contribution is -1.95.